The number of rotatable bonds is 7. The highest BCUT2D eigenvalue weighted by Gasteiger charge is 2.32. The summed E-state index contributed by atoms with van der Waals surface area (Å²) in [6, 6.07) is 1.48. The topological polar surface area (TPSA) is 92.7 Å². The van der Waals surface area contributed by atoms with Crippen molar-refractivity contribution in [3.63, 3.8) is 0 Å². The maximum Gasteiger partial charge on any atom is 0.276 e. The Morgan fingerprint density at radius 1 is 1.19 bits per heavy atom. The number of unbranched alkanes of at least 4 members (excludes halogenated alkanes) is 1. The number of nitrogens with zero attached hydrogens (tertiary/aromatic N) is 4. The van der Waals surface area contributed by atoms with Crippen LogP contribution in [0.25, 0.3) is 11.5 Å². The van der Waals surface area contributed by atoms with Gasteiger partial charge in [-0.1, -0.05) is 19.8 Å². The van der Waals surface area contributed by atoms with Crippen molar-refractivity contribution in [1.82, 2.24) is 19.4 Å². The van der Waals surface area contributed by atoms with Crippen LogP contribution in [0.15, 0.2) is 26.3 Å². The van der Waals surface area contributed by atoms with Crippen LogP contribution >= 0.6 is 0 Å². The van der Waals surface area contributed by atoms with Crippen LogP contribution in [0.1, 0.15) is 50.8 Å². The molecule has 0 aromatic carbocycles. The van der Waals surface area contributed by atoms with E-state index in [0.29, 0.717) is 36.4 Å². The predicted octanol–water partition coefficient (Wildman–Crippen LogP) is 2.70. The number of sulfonamides is 1. The molecule has 1 aliphatic carbocycles. The zero-order valence-electron chi connectivity index (χ0n) is 15.6. The number of aromatic nitrogens is 2. The molecule has 0 atom stereocenters. The highest BCUT2D eigenvalue weighted by molar-refractivity contribution is 7.89. The minimum absolute atomic E-state index is 0.0668. The van der Waals surface area contributed by atoms with Gasteiger partial charge in [0, 0.05) is 38.2 Å². The van der Waals surface area contributed by atoms with Gasteiger partial charge in [0.25, 0.3) is 15.9 Å². The lowest BCUT2D eigenvalue weighted by Gasteiger charge is -2.33. The minimum atomic E-state index is -3.65. The fourth-order valence-electron chi connectivity index (χ4n) is 3.44. The van der Waals surface area contributed by atoms with Crippen LogP contribution in [0.4, 0.5) is 0 Å². The summed E-state index contributed by atoms with van der Waals surface area (Å²) in [5.74, 6) is 1.28. The molecule has 9 heteroatoms. The SMILES string of the molecule is CCCCN1CCN(S(=O)(=O)c2cc(-c3nnc(C4CCC4)o3)co2)CC1. The van der Waals surface area contributed by atoms with Gasteiger partial charge in [-0.05, 0) is 25.8 Å². The summed E-state index contributed by atoms with van der Waals surface area (Å²) in [6.07, 6.45) is 6.98. The van der Waals surface area contributed by atoms with E-state index in [2.05, 4.69) is 22.0 Å². The Morgan fingerprint density at radius 2 is 1.96 bits per heavy atom. The molecule has 2 aromatic rings. The second-order valence-electron chi connectivity index (χ2n) is 7.33. The second-order valence-corrected chi connectivity index (χ2v) is 9.20. The number of hydrogen-bond acceptors (Lipinski definition) is 7. The number of furan rings is 1. The van der Waals surface area contributed by atoms with Crippen molar-refractivity contribution in [2.24, 2.45) is 0 Å². The van der Waals surface area contributed by atoms with Gasteiger partial charge in [0.05, 0.1) is 5.56 Å². The first-order chi connectivity index (χ1) is 13.1. The summed E-state index contributed by atoms with van der Waals surface area (Å²) >= 11 is 0. The molecule has 2 aliphatic rings. The molecular weight excluding hydrogens is 368 g/mol. The summed E-state index contributed by atoms with van der Waals surface area (Å²) in [6.45, 7) is 5.65. The molecule has 1 saturated heterocycles. The molecule has 2 fully saturated rings. The molecule has 27 heavy (non-hydrogen) atoms. The van der Waals surface area contributed by atoms with Gasteiger partial charge in [-0.3, -0.25) is 0 Å². The van der Waals surface area contributed by atoms with Gasteiger partial charge in [0.1, 0.15) is 6.26 Å². The maximum atomic E-state index is 12.9. The average molecular weight is 394 g/mol. The van der Waals surface area contributed by atoms with E-state index >= 15 is 0 Å². The first-order valence-electron chi connectivity index (χ1n) is 9.72. The van der Waals surface area contributed by atoms with Crippen molar-refractivity contribution in [1.29, 1.82) is 0 Å². The van der Waals surface area contributed by atoms with Crippen LogP contribution in [-0.4, -0.2) is 60.5 Å². The van der Waals surface area contributed by atoms with Crippen molar-refractivity contribution in [3.05, 3.63) is 18.2 Å². The van der Waals surface area contributed by atoms with Crippen molar-refractivity contribution < 1.29 is 17.3 Å². The van der Waals surface area contributed by atoms with Gasteiger partial charge in [-0.2, -0.15) is 4.31 Å². The standard InChI is InChI=1S/C18H26N4O4S/c1-2-3-7-21-8-10-22(11-9-21)27(23,24)16-12-15(13-25-16)18-20-19-17(26-18)14-5-4-6-14/h12-14H,2-11H2,1H3. The van der Waals surface area contributed by atoms with Crippen LogP contribution < -0.4 is 0 Å². The highest BCUT2D eigenvalue weighted by Crippen LogP contribution is 2.36. The van der Waals surface area contributed by atoms with E-state index < -0.39 is 10.0 Å². The Labute approximate surface area is 159 Å². The predicted molar refractivity (Wildman–Crippen MR) is 98.7 cm³/mol. The van der Waals surface area contributed by atoms with Gasteiger partial charge in [-0.25, -0.2) is 8.42 Å². The Morgan fingerprint density at radius 3 is 2.63 bits per heavy atom. The Bertz CT molecular complexity index is 864. The molecule has 1 aliphatic heterocycles. The van der Waals surface area contributed by atoms with Crippen LogP contribution in [0, 0.1) is 0 Å². The summed E-state index contributed by atoms with van der Waals surface area (Å²) < 4.78 is 38.3. The van der Waals surface area contributed by atoms with Crippen LogP contribution in [0.2, 0.25) is 0 Å². The number of hydrogen-bond donors (Lipinski definition) is 0. The van der Waals surface area contributed by atoms with Gasteiger partial charge >= 0.3 is 0 Å². The van der Waals surface area contributed by atoms with Crippen molar-refractivity contribution in [2.45, 2.75) is 50.0 Å². The molecule has 0 bridgehead atoms. The minimum Gasteiger partial charge on any atom is -0.451 e. The van der Waals surface area contributed by atoms with Gasteiger partial charge in [-0.15, -0.1) is 10.2 Å². The molecule has 148 valence electrons. The third-order valence-corrected chi connectivity index (χ3v) is 7.24. The van der Waals surface area contributed by atoms with E-state index in [1.807, 2.05) is 0 Å². The van der Waals surface area contributed by atoms with Crippen LogP contribution in [0.5, 0.6) is 0 Å². The number of piperazine rings is 1. The molecule has 0 spiro atoms. The van der Waals surface area contributed by atoms with E-state index in [1.54, 1.807) is 0 Å². The smallest absolute Gasteiger partial charge is 0.276 e. The lowest BCUT2D eigenvalue weighted by Crippen LogP contribution is -2.48. The molecule has 8 nitrogen and oxygen atoms in total. The van der Waals surface area contributed by atoms with Crippen molar-refractivity contribution in [3.8, 4) is 11.5 Å². The van der Waals surface area contributed by atoms with E-state index in [9.17, 15) is 8.42 Å². The molecule has 4 rings (SSSR count). The molecule has 0 unspecified atom stereocenters. The average Bonchev–Trinajstić information content (AvgIpc) is 3.28. The zero-order valence-corrected chi connectivity index (χ0v) is 16.4. The van der Waals surface area contributed by atoms with E-state index in [-0.39, 0.29) is 5.09 Å². The molecular formula is C18H26N4O4S. The first-order valence-corrected chi connectivity index (χ1v) is 11.2. The summed E-state index contributed by atoms with van der Waals surface area (Å²) in [5.41, 5.74) is 0.508. The lowest BCUT2D eigenvalue weighted by molar-refractivity contribution is 0.184. The molecule has 0 radical (unpaired) electrons. The molecule has 2 aromatic heterocycles. The summed E-state index contributed by atoms with van der Waals surface area (Å²) in [5, 5.41) is 8.06. The fraction of sp³-hybridized carbons (Fsp3) is 0.667. The van der Waals surface area contributed by atoms with Crippen LogP contribution in [0.3, 0.4) is 0 Å². The Kier molecular flexibility index (Phi) is 5.34. The quantitative estimate of drug-likeness (QED) is 0.713. The van der Waals surface area contributed by atoms with Crippen molar-refractivity contribution >= 4 is 10.0 Å². The van der Waals surface area contributed by atoms with E-state index in [4.69, 9.17) is 8.83 Å². The summed E-state index contributed by atoms with van der Waals surface area (Å²) in [4.78, 5) is 2.31. The van der Waals surface area contributed by atoms with Crippen molar-refractivity contribution in [2.75, 3.05) is 32.7 Å². The third kappa shape index (κ3) is 3.81. The Hall–Kier alpha value is -1.71. The maximum absolute atomic E-state index is 12.9. The second kappa shape index (κ2) is 7.73. The first kappa shape index (κ1) is 18.6. The van der Waals surface area contributed by atoms with Crippen LogP contribution in [-0.2, 0) is 10.0 Å². The Balaban J connectivity index is 1.43. The molecule has 0 amide bonds. The molecule has 0 N–H and O–H groups in total. The largest absolute Gasteiger partial charge is 0.451 e. The molecule has 3 heterocycles. The lowest BCUT2D eigenvalue weighted by atomic mass is 9.85. The third-order valence-electron chi connectivity index (χ3n) is 5.47. The molecule has 1 saturated carbocycles. The summed E-state index contributed by atoms with van der Waals surface area (Å²) in [7, 11) is -3.65. The fourth-order valence-corrected chi connectivity index (χ4v) is 4.78. The van der Waals surface area contributed by atoms with Gasteiger partial charge in [0.2, 0.25) is 11.0 Å². The monoisotopic (exact) mass is 394 g/mol. The van der Waals surface area contributed by atoms with Gasteiger partial charge in [0.15, 0.2) is 0 Å². The van der Waals surface area contributed by atoms with E-state index in [0.717, 1.165) is 45.3 Å². The highest BCUT2D eigenvalue weighted by atomic mass is 32.2. The van der Waals surface area contributed by atoms with E-state index in [1.165, 1.54) is 23.1 Å². The van der Waals surface area contributed by atoms with Gasteiger partial charge < -0.3 is 13.7 Å². The normalized spacial score (nSPS) is 20.0. The zero-order chi connectivity index (χ0) is 18.9.